The summed E-state index contributed by atoms with van der Waals surface area (Å²) in [6.45, 7) is 0. The molecule has 0 amide bonds. The van der Waals surface area contributed by atoms with Gasteiger partial charge in [0.2, 0.25) is 5.13 Å². The maximum Gasteiger partial charge on any atom is 0.207 e. The zero-order chi connectivity index (χ0) is 20.5. The molecule has 1 aromatic heterocycles. The highest BCUT2D eigenvalue weighted by molar-refractivity contribution is 7.14. The van der Waals surface area contributed by atoms with E-state index in [0.717, 1.165) is 34.1 Å². The molecule has 1 aliphatic rings. The van der Waals surface area contributed by atoms with E-state index in [1.165, 1.54) is 5.56 Å². The second-order valence-corrected chi connectivity index (χ2v) is 8.71. The molecule has 0 fully saturated rings. The lowest BCUT2D eigenvalue weighted by atomic mass is 9.98. The SMILES string of the molecule is Clc1ccc(C2=NN(c3nc(-c4ccccc4)cs3)C(c3ccccc3)C2)c(Cl)c1. The summed E-state index contributed by atoms with van der Waals surface area (Å²) in [6.07, 6.45) is 0.742. The second-order valence-electron chi connectivity index (χ2n) is 7.03. The molecule has 5 rings (SSSR count). The van der Waals surface area contributed by atoms with Crippen molar-refractivity contribution in [3.63, 3.8) is 0 Å². The van der Waals surface area contributed by atoms with Gasteiger partial charge in [0.1, 0.15) is 0 Å². The number of hydrogen-bond donors (Lipinski definition) is 0. The number of hydrazone groups is 1. The fraction of sp³-hybridized carbons (Fsp3) is 0.0833. The lowest BCUT2D eigenvalue weighted by Gasteiger charge is -2.21. The van der Waals surface area contributed by atoms with Crippen LogP contribution in [0.4, 0.5) is 5.13 Å². The second kappa shape index (κ2) is 8.23. The third-order valence-corrected chi connectivity index (χ3v) is 6.47. The van der Waals surface area contributed by atoms with E-state index in [4.69, 9.17) is 33.3 Å². The molecule has 0 saturated carbocycles. The third kappa shape index (κ3) is 3.74. The van der Waals surface area contributed by atoms with E-state index in [-0.39, 0.29) is 6.04 Å². The molecule has 6 heteroatoms. The van der Waals surface area contributed by atoms with Gasteiger partial charge in [0.25, 0.3) is 0 Å². The highest BCUT2D eigenvalue weighted by atomic mass is 35.5. The van der Waals surface area contributed by atoms with Gasteiger partial charge in [0, 0.05) is 28.0 Å². The molecule has 148 valence electrons. The minimum absolute atomic E-state index is 0.0581. The Morgan fingerprint density at radius 2 is 1.63 bits per heavy atom. The fourth-order valence-electron chi connectivity index (χ4n) is 3.62. The molecule has 0 spiro atoms. The Bertz CT molecular complexity index is 1210. The Morgan fingerprint density at radius 1 is 0.900 bits per heavy atom. The fourth-order valence-corrected chi connectivity index (χ4v) is 4.97. The van der Waals surface area contributed by atoms with E-state index in [9.17, 15) is 0 Å². The molecule has 1 unspecified atom stereocenters. The number of aromatic nitrogens is 1. The Morgan fingerprint density at radius 3 is 2.37 bits per heavy atom. The summed E-state index contributed by atoms with van der Waals surface area (Å²) < 4.78 is 0. The quantitative estimate of drug-likeness (QED) is 0.323. The minimum atomic E-state index is 0.0581. The highest BCUT2D eigenvalue weighted by Crippen LogP contribution is 2.40. The van der Waals surface area contributed by atoms with Crippen molar-refractivity contribution in [2.45, 2.75) is 12.5 Å². The summed E-state index contributed by atoms with van der Waals surface area (Å²) in [5.41, 5.74) is 5.08. The zero-order valence-electron chi connectivity index (χ0n) is 15.9. The maximum absolute atomic E-state index is 6.48. The van der Waals surface area contributed by atoms with Crippen LogP contribution < -0.4 is 5.01 Å². The first-order valence-corrected chi connectivity index (χ1v) is 11.2. The van der Waals surface area contributed by atoms with Crippen molar-refractivity contribution in [3.8, 4) is 11.3 Å². The largest absolute Gasteiger partial charge is 0.231 e. The monoisotopic (exact) mass is 449 g/mol. The Hall–Kier alpha value is -2.66. The standard InChI is InChI=1S/C24H17Cl2N3S/c25-18-11-12-19(20(26)13-18)21-14-23(17-9-5-2-6-10-17)29(28-21)24-27-22(15-30-24)16-7-3-1-4-8-16/h1-13,15,23H,14H2. The summed E-state index contributed by atoms with van der Waals surface area (Å²) in [4.78, 5) is 4.89. The minimum Gasteiger partial charge on any atom is -0.231 e. The number of nitrogens with zero attached hydrogens (tertiary/aromatic N) is 3. The molecule has 0 aliphatic carbocycles. The van der Waals surface area contributed by atoms with Crippen LogP contribution in [0.5, 0.6) is 0 Å². The Balaban J connectivity index is 1.55. The zero-order valence-corrected chi connectivity index (χ0v) is 18.2. The van der Waals surface area contributed by atoms with Gasteiger partial charge >= 0.3 is 0 Å². The Labute approximate surface area is 189 Å². The smallest absolute Gasteiger partial charge is 0.207 e. The van der Waals surface area contributed by atoms with Crippen molar-refractivity contribution < 1.29 is 0 Å². The van der Waals surface area contributed by atoms with Gasteiger partial charge in [-0.1, -0.05) is 89.9 Å². The van der Waals surface area contributed by atoms with Gasteiger partial charge in [-0.15, -0.1) is 11.3 Å². The van der Waals surface area contributed by atoms with Crippen LogP contribution in [0.15, 0.2) is 89.3 Å². The molecule has 2 heterocycles. The van der Waals surface area contributed by atoms with Crippen molar-refractivity contribution in [1.82, 2.24) is 4.98 Å². The van der Waals surface area contributed by atoms with E-state index >= 15 is 0 Å². The molecule has 1 atom stereocenters. The molecule has 30 heavy (non-hydrogen) atoms. The first-order chi connectivity index (χ1) is 14.7. The van der Waals surface area contributed by atoms with Crippen LogP contribution in [-0.4, -0.2) is 10.7 Å². The van der Waals surface area contributed by atoms with E-state index in [1.54, 1.807) is 17.4 Å². The summed E-state index contributed by atoms with van der Waals surface area (Å²) in [5, 5.41) is 11.1. The topological polar surface area (TPSA) is 28.5 Å². The molecular formula is C24H17Cl2N3S. The van der Waals surface area contributed by atoms with Crippen LogP contribution in [0.1, 0.15) is 23.6 Å². The first-order valence-electron chi connectivity index (χ1n) is 9.57. The van der Waals surface area contributed by atoms with Gasteiger partial charge in [0.05, 0.1) is 22.5 Å². The van der Waals surface area contributed by atoms with Crippen LogP contribution in [0.3, 0.4) is 0 Å². The predicted molar refractivity (Wildman–Crippen MR) is 127 cm³/mol. The van der Waals surface area contributed by atoms with Gasteiger partial charge in [-0.2, -0.15) is 5.10 Å². The van der Waals surface area contributed by atoms with E-state index in [1.807, 2.05) is 41.4 Å². The molecule has 0 bridgehead atoms. The molecule has 0 radical (unpaired) electrons. The van der Waals surface area contributed by atoms with Crippen LogP contribution in [0.25, 0.3) is 11.3 Å². The average Bonchev–Trinajstić information content (AvgIpc) is 3.43. The Kier molecular flexibility index (Phi) is 5.30. The molecule has 3 aromatic carbocycles. The molecule has 3 nitrogen and oxygen atoms in total. The lowest BCUT2D eigenvalue weighted by Crippen LogP contribution is -2.18. The van der Waals surface area contributed by atoms with Gasteiger partial charge < -0.3 is 0 Å². The van der Waals surface area contributed by atoms with Crippen molar-refractivity contribution in [2.75, 3.05) is 5.01 Å². The average molecular weight is 450 g/mol. The van der Waals surface area contributed by atoms with Crippen molar-refractivity contribution in [1.29, 1.82) is 0 Å². The molecule has 0 N–H and O–H groups in total. The summed E-state index contributed by atoms with van der Waals surface area (Å²) in [7, 11) is 0. The summed E-state index contributed by atoms with van der Waals surface area (Å²) >= 11 is 14.2. The maximum atomic E-state index is 6.48. The van der Waals surface area contributed by atoms with Crippen molar-refractivity contribution in [2.24, 2.45) is 5.10 Å². The van der Waals surface area contributed by atoms with Gasteiger partial charge in [-0.05, 0) is 17.7 Å². The predicted octanol–water partition coefficient (Wildman–Crippen LogP) is 7.47. The lowest BCUT2D eigenvalue weighted by molar-refractivity contribution is 0.706. The van der Waals surface area contributed by atoms with Crippen LogP contribution >= 0.6 is 34.5 Å². The van der Waals surface area contributed by atoms with Crippen molar-refractivity contribution >= 4 is 45.4 Å². The van der Waals surface area contributed by atoms with E-state index in [2.05, 4.69) is 41.8 Å². The third-order valence-electron chi connectivity index (χ3n) is 5.09. The summed E-state index contributed by atoms with van der Waals surface area (Å²) in [6, 6.07) is 26.2. The number of benzene rings is 3. The normalized spacial score (nSPS) is 16.0. The first kappa shape index (κ1) is 19.3. The number of rotatable bonds is 4. The number of hydrogen-bond acceptors (Lipinski definition) is 4. The van der Waals surface area contributed by atoms with Crippen LogP contribution in [-0.2, 0) is 0 Å². The van der Waals surface area contributed by atoms with Crippen molar-refractivity contribution in [3.05, 3.63) is 105 Å². The van der Waals surface area contributed by atoms with E-state index < -0.39 is 0 Å². The highest BCUT2D eigenvalue weighted by Gasteiger charge is 2.32. The van der Waals surface area contributed by atoms with Gasteiger partial charge in [-0.25, -0.2) is 9.99 Å². The molecule has 1 aliphatic heterocycles. The number of halogens is 2. The van der Waals surface area contributed by atoms with Crippen LogP contribution in [0.2, 0.25) is 10.0 Å². The number of thiazole rings is 1. The molecule has 0 saturated heterocycles. The number of anilines is 1. The van der Waals surface area contributed by atoms with E-state index in [0.29, 0.717) is 10.0 Å². The van der Waals surface area contributed by atoms with Gasteiger partial charge in [-0.3, -0.25) is 0 Å². The molecular weight excluding hydrogens is 433 g/mol. The van der Waals surface area contributed by atoms with Crippen LogP contribution in [0, 0.1) is 0 Å². The summed E-state index contributed by atoms with van der Waals surface area (Å²) in [5.74, 6) is 0. The van der Waals surface area contributed by atoms with Gasteiger partial charge in [0.15, 0.2) is 0 Å². The molecule has 4 aromatic rings.